The van der Waals surface area contributed by atoms with Crippen LogP contribution in [0.5, 0.6) is 0 Å². The zero-order valence-corrected chi connectivity index (χ0v) is 9.74. The van der Waals surface area contributed by atoms with E-state index in [1.807, 2.05) is 30.3 Å². The van der Waals surface area contributed by atoms with E-state index in [9.17, 15) is 9.59 Å². The van der Waals surface area contributed by atoms with E-state index in [4.69, 9.17) is 0 Å². The molecule has 0 aromatic heterocycles. The van der Waals surface area contributed by atoms with Crippen LogP contribution in [0.4, 0.5) is 0 Å². The Bertz CT molecular complexity index is 566. The van der Waals surface area contributed by atoms with Crippen LogP contribution >= 0.6 is 0 Å². The number of carbonyl (C=O) groups excluding carboxylic acids is 2. The Labute approximate surface area is 106 Å². The van der Waals surface area contributed by atoms with Crippen molar-refractivity contribution < 1.29 is 9.59 Å². The summed E-state index contributed by atoms with van der Waals surface area (Å²) < 4.78 is 0. The van der Waals surface area contributed by atoms with E-state index in [0.29, 0.717) is 11.1 Å². The van der Waals surface area contributed by atoms with Gasteiger partial charge in [-0.05, 0) is 11.6 Å². The highest BCUT2D eigenvalue weighted by atomic mass is 16.1. The molecule has 0 radical (unpaired) electrons. The second-order valence-electron chi connectivity index (χ2n) is 3.81. The zero-order chi connectivity index (χ0) is 12.8. The van der Waals surface area contributed by atoms with Crippen LogP contribution in [0.1, 0.15) is 21.5 Å². The Balaban J connectivity index is 2.22. The zero-order valence-electron chi connectivity index (χ0n) is 9.74. The van der Waals surface area contributed by atoms with E-state index < -0.39 is 0 Å². The molecule has 0 heterocycles. The van der Waals surface area contributed by atoms with Crippen molar-refractivity contribution in [3.05, 3.63) is 77.4 Å². The predicted molar refractivity (Wildman–Crippen MR) is 71.4 cm³/mol. The fourth-order valence-electron chi connectivity index (χ4n) is 1.65. The predicted octanol–water partition coefficient (Wildman–Crippen LogP) is 3.13. The van der Waals surface area contributed by atoms with E-state index in [1.165, 1.54) is 6.08 Å². The van der Waals surface area contributed by atoms with E-state index in [1.54, 1.807) is 30.3 Å². The van der Waals surface area contributed by atoms with Crippen LogP contribution in [0.25, 0.3) is 6.08 Å². The lowest BCUT2D eigenvalue weighted by molar-refractivity contribution is -0.104. The van der Waals surface area contributed by atoms with Crippen molar-refractivity contribution in [2.75, 3.05) is 0 Å². The average molecular weight is 236 g/mol. The number of hydrogen-bond acceptors (Lipinski definition) is 2. The van der Waals surface area contributed by atoms with Gasteiger partial charge in [0.2, 0.25) is 0 Å². The van der Waals surface area contributed by atoms with Gasteiger partial charge in [0.1, 0.15) is 6.29 Å². The first-order chi connectivity index (χ1) is 8.81. The molecule has 2 nitrogen and oxygen atoms in total. The maximum atomic E-state index is 12.1. The summed E-state index contributed by atoms with van der Waals surface area (Å²) in [6, 6.07) is 16.3. The molecule has 0 amide bonds. The minimum Gasteiger partial charge on any atom is -0.299 e. The monoisotopic (exact) mass is 236 g/mol. The molecule has 2 aromatic carbocycles. The highest BCUT2D eigenvalue weighted by Crippen LogP contribution is 2.11. The van der Waals surface area contributed by atoms with Gasteiger partial charge in [0.25, 0.3) is 0 Å². The third-order valence-corrected chi connectivity index (χ3v) is 2.58. The van der Waals surface area contributed by atoms with Gasteiger partial charge in [0.15, 0.2) is 5.78 Å². The number of allylic oxidation sites excluding steroid dienone is 1. The third-order valence-electron chi connectivity index (χ3n) is 2.58. The topological polar surface area (TPSA) is 34.1 Å². The molecule has 0 bridgehead atoms. The van der Waals surface area contributed by atoms with Crippen molar-refractivity contribution in [1.82, 2.24) is 0 Å². The summed E-state index contributed by atoms with van der Waals surface area (Å²) in [5, 5.41) is 0. The minimum absolute atomic E-state index is 0.00140. The second-order valence-corrected chi connectivity index (χ2v) is 3.81. The molecule has 2 rings (SSSR count). The SMILES string of the molecule is O=C/C=C/c1ccc(C(=O)c2ccccc2)cc1. The smallest absolute Gasteiger partial charge is 0.193 e. The molecule has 0 saturated heterocycles. The maximum Gasteiger partial charge on any atom is 0.193 e. The number of carbonyl (C=O) groups is 2. The first kappa shape index (κ1) is 12.0. The van der Waals surface area contributed by atoms with E-state index >= 15 is 0 Å². The lowest BCUT2D eigenvalue weighted by Gasteiger charge is -2.01. The molecule has 0 spiro atoms. The average Bonchev–Trinajstić information content (AvgIpc) is 2.46. The van der Waals surface area contributed by atoms with Crippen LogP contribution in [0.2, 0.25) is 0 Å². The van der Waals surface area contributed by atoms with Crippen molar-refractivity contribution in [2.24, 2.45) is 0 Å². The summed E-state index contributed by atoms with van der Waals surface area (Å²) in [5.74, 6) is 0.00140. The quantitative estimate of drug-likeness (QED) is 0.464. The number of ketones is 1. The largest absolute Gasteiger partial charge is 0.299 e. The Kier molecular flexibility index (Phi) is 3.82. The van der Waals surface area contributed by atoms with Crippen LogP contribution in [-0.2, 0) is 4.79 Å². The molecule has 2 heteroatoms. The van der Waals surface area contributed by atoms with Crippen LogP contribution < -0.4 is 0 Å². The number of benzene rings is 2. The Morgan fingerprint density at radius 1 is 0.833 bits per heavy atom. The number of hydrogen-bond donors (Lipinski definition) is 0. The van der Waals surface area contributed by atoms with Crippen LogP contribution in [0, 0.1) is 0 Å². The van der Waals surface area contributed by atoms with Crippen LogP contribution in [0.3, 0.4) is 0 Å². The van der Waals surface area contributed by atoms with Gasteiger partial charge in [0, 0.05) is 11.1 Å². The van der Waals surface area contributed by atoms with Crippen molar-refractivity contribution in [2.45, 2.75) is 0 Å². The third kappa shape index (κ3) is 2.80. The first-order valence-electron chi connectivity index (χ1n) is 5.63. The van der Waals surface area contributed by atoms with E-state index in [-0.39, 0.29) is 5.78 Å². The molecule has 2 aromatic rings. The van der Waals surface area contributed by atoms with Gasteiger partial charge in [0.05, 0.1) is 0 Å². The van der Waals surface area contributed by atoms with Gasteiger partial charge < -0.3 is 0 Å². The van der Waals surface area contributed by atoms with Crippen molar-refractivity contribution in [3.63, 3.8) is 0 Å². The van der Waals surface area contributed by atoms with Crippen LogP contribution in [0.15, 0.2) is 60.7 Å². The van der Waals surface area contributed by atoms with Gasteiger partial charge in [-0.1, -0.05) is 60.7 Å². The van der Waals surface area contributed by atoms with Gasteiger partial charge in [-0.15, -0.1) is 0 Å². The molecule has 0 aliphatic carbocycles. The Morgan fingerprint density at radius 2 is 1.44 bits per heavy atom. The summed E-state index contributed by atoms with van der Waals surface area (Å²) in [5.41, 5.74) is 2.21. The van der Waals surface area contributed by atoms with Gasteiger partial charge in [-0.2, -0.15) is 0 Å². The van der Waals surface area contributed by atoms with Crippen LogP contribution in [-0.4, -0.2) is 12.1 Å². The molecule has 0 aliphatic rings. The Morgan fingerprint density at radius 3 is 2.06 bits per heavy atom. The summed E-state index contributed by atoms with van der Waals surface area (Å²) in [4.78, 5) is 22.3. The van der Waals surface area contributed by atoms with E-state index in [0.717, 1.165) is 11.8 Å². The molecular weight excluding hydrogens is 224 g/mol. The lowest BCUT2D eigenvalue weighted by Crippen LogP contribution is -2.00. The van der Waals surface area contributed by atoms with Gasteiger partial charge in [-0.25, -0.2) is 0 Å². The van der Waals surface area contributed by atoms with Crippen molar-refractivity contribution in [3.8, 4) is 0 Å². The number of rotatable bonds is 4. The summed E-state index contributed by atoms with van der Waals surface area (Å²) in [6.07, 6.45) is 3.85. The molecule has 88 valence electrons. The fraction of sp³-hybridized carbons (Fsp3) is 0. The first-order valence-corrected chi connectivity index (χ1v) is 5.63. The fourth-order valence-corrected chi connectivity index (χ4v) is 1.65. The lowest BCUT2D eigenvalue weighted by atomic mass is 10.0. The van der Waals surface area contributed by atoms with Gasteiger partial charge in [-0.3, -0.25) is 9.59 Å². The maximum absolute atomic E-state index is 12.1. The molecular formula is C16H12O2. The molecule has 0 unspecified atom stereocenters. The van der Waals surface area contributed by atoms with Gasteiger partial charge >= 0.3 is 0 Å². The second kappa shape index (κ2) is 5.73. The normalized spacial score (nSPS) is 10.4. The Hall–Kier alpha value is -2.48. The molecule has 0 aliphatic heterocycles. The molecule has 0 fully saturated rings. The van der Waals surface area contributed by atoms with E-state index in [2.05, 4.69) is 0 Å². The highest BCUT2D eigenvalue weighted by Gasteiger charge is 2.07. The minimum atomic E-state index is 0.00140. The van der Waals surface area contributed by atoms with Crippen molar-refractivity contribution >= 4 is 18.1 Å². The molecule has 0 atom stereocenters. The molecule has 18 heavy (non-hydrogen) atoms. The summed E-state index contributed by atoms with van der Waals surface area (Å²) >= 11 is 0. The highest BCUT2D eigenvalue weighted by molar-refractivity contribution is 6.09. The molecule has 0 saturated carbocycles. The number of aldehydes is 1. The standard InChI is InChI=1S/C16H12O2/c17-12-4-5-13-8-10-15(11-9-13)16(18)14-6-2-1-3-7-14/h1-12H/b5-4+. The molecule has 0 N–H and O–H groups in total. The summed E-state index contributed by atoms with van der Waals surface area (Å²) in [6.45, 7) is 0. The summed E-state index contributed by atoms with van der Waals surface area (Å²) in [7, 11) is 0. The van der Waals surface area contributed by atoms with Crippen molar-refractivity contribution in [1.29, 1.82) is 0 Å².